The van der Waals surface area contributed by atoms with Crippen molar-refractivity contribution in [1.82, 2.24) is 10.3 Å². The number of nitrogens with one attached hydrogen (secondary N) is 1. The molecule has 2 N–H and O–H groups in total. The van der Waals surface area contributed by atoms with Crippen molar-refractivity contribution < 1.29 is 33.8 Å². The highest BCUT2D eigenvalue weighted by Crippen LogP contribution is 2.29. The van der Waals surface area contributed by atoms with E-state index in [2.05, 4.69) is 10.5 Å². The Kier molecular flexibility index (Phi) is 14.8. The number of hydrogen-bond donors (Lipinski definition) is 2. The first-order valence-corrected chi connectivity index (χ1v) is 15.2. The predicted octanol–water partition coefficient (Wildman–Crippen LogP) is 5.32. The number of carbonyl (C=O) groups excluding carboxylic acids is 3. The van der Waals surface area contributed by atoms with E-state index in [0.717, 1.165) is 29.5 Å². The van der Waals surface area contributed by atoms with Crippen LogP contribution < -0.4 is 5.43 Å². The second-order valence-corrected chi connectivity index (χ2v) is 10.8. The van der Waals surface area contributed by atoms with Gasteiger partial charge in [-0.25, -0.2) is 5.43 Å². The van der Waals surface area contributed by atoms with Crippen LogP contribution in [-0.2, 0) is 35.2 Å². The van der Waals surface area contributed by atoms with Crippen LogP contribution in [-0.4, -0.2) is 59.7 Å². The second kappa shape index (κ2) is 19.1. The number of aliphatic carboxylic acids is 1. The molecule has 2 aromatic carbocycles. The first-order chi connectivity index (χ1) is 21.4. The molecule has 3 rings (SSSR count). The fourth-order valence-corrected chi connectivity index (χ4v) is 4.96. The van der Waals surface area contributed by atoms with Crippen LogP contribution in [0, 0.1) is 0 Å². The zero-order valence-corrected chi connectivity index (χ0v) is 25.4. The first kappa shape index (κ1) is 34.2. The van der Waals surface area contributed by atoms with Crippen LogP contribution in [0.5, 0.6) is 0 Å². The number of hydrazone groups is 1. The number of carboxylic acids is 1. The van der Waals surface area contributed by atoms with E-state index in [-0.39, 0.29) is 43.8 Å². The van der Waals surface area contributed by atoms with Crippen LogP contribution in [0.2, 0.25) is 0 Å². The highest BCUT2D eigenvalue weighted by Gasteiger charge is 2.34. The van der Waals surface area contributed by atoms with Gasteiger partial charge in [0.25, 0.3) is 0 Å². The van der Waals surface area contributed by atoms with Crippen LogP contribution in [0.4, 0.5) is 0 Å². The summed E-state index contributed by atoms with van der Waals surface area (Å²) in [6.45, 7) is 0.472. The molecule has 44 heavy (non-hydrogen) atoms. The van der Waals surface area contributed by atoms with Gasteiger partial charge in [-0.15, -0.1) is 0 Å². The Bertz CT molecular complexity index is 1260. The third-order valence-electron chi connectivity index (χ3n) is 7.28. The van der Waals surface area contributed by atoms with Gasteiger partial charge in [0, 0.05) is 39.3 Å². The lowest BCUT2D eigenvalue weighted by Crippen LogP contribution is -2.47. The molecule has 2 atom stereocenters. The summed E-state index contributed by atoms with van der Waals surface area (Å²) in [4.78, 5) is 50.8. The maximum absolute atomic E-state index is 13.6. The zero-order chi connectivity index (χ0) is 31.6. The Morgan fingerprint density at radius 1 is 0.977 bits per heavy atom. The zero-order valence-electron chi connectivity index (χ0n) is 25.4. The number of nitrogens with zero attached hydrogens (tertiary/aromatic N) is 2. The fraction of sp³-hybridized carbons (Fsp3) is 0.441. The van der Waals surface area contributed by atoms with Gasteiger partial charge in [0.2, 0.25) is 11.8 Å². The number of carbonyl (C=O) groups is 4. The normalized spacial score (nSPS) is 18.7. The molecule has 0 spiro atoms. The molecule has 2 aromatic rings. The van der Waals surface area contributed by atoms with Crippen LogP contribution in [0.1, 0.15) is 87.0 Å². The van der Waals surface area contributed by atoms with E-state index in [1.165, 1.54) is 0 Å². The van der Waals surface area contributed by atoms with Crippen molar-refractivity contribution in [3.63, 3.8) is 0 Å². The van der Waals surface area contributed by atoms with Crippen molar-refractivity contribution in [2.75, 3.05) is 13.7 Å². The minimum atomic E-state index is -0.801. The average Bonchev–Trinajstić information content (AvgIpc) is 3.01. The number of benzene rings is 2. The minimum Gasteiger partial charge on any atom is -0.481 e. The van der Waals surface area contributed by atoms with Gasteiger partial charge in [-0.2, -0.15) is 5.10 Å². The minimum absolute atomic E-state index is 0.0653. The quantitative estimate of drug-likeness (QED) is 0.0979. The molecule has 0 unspecified atom stereocenters. The van der Waals surface area contributed by atoms with Crippen molar-refractivity contribution in [2.24, 2.45) is 5.10 Å². The summed E-state index contributed by atoms with van der Waals surface area (Å²) < 4.78 is 11.6. The number of carboxylic acid groups (broad SMARTS) is 1. The molecule has 236 valence electrons. The SMILES string of the molecule is COC[C@H]1[C@H](c2ccccc2)OC(=O)CC/C=C/CCC(=O)N1Cc1ccc(/C=N/NC(=O)CCCCCCC(=O)O)cc1. The van der Waals surface area contributed by atoms with Gasteiger partial charge in [0.1, 0.15) is 6.10 Å². The lowest BCUT2D eigenvalue weighted by molar-refractivity contribution is -0.159. The van der Waals surface area contributed by atoms with Crippen molar-refractivity contribution in [2.45, 2.75) is 82.9 Å². The van der Waals surface area contributed by atoms with Gasteiger partial charge in [0.05, 0.1) is 18.9 Å². The number of ether oxygens (including phenoxy) is 2. The number of rotatable bonds is 14. The van der Waals surface area contributed by atoms with E-state index in [1.54, 1.807) is 18.2 Å². The molecule has 2 amide bonds. The maximum Gasteiger partial charge on any atom is 0.306 e. The Labute approximate surface area is 259 Å². The third-order valence-corrected chi connectivity index (χ3v) is 7.28. The summed E-state index contributed by atoms with van der Waals surface area (Å²) in [6, 6.07) is 16.4. The number of hydrogen-bond acceptors (Lipinski definition) is 7. The fourth-order valence-electron chi connectivity index (χ4n) is 4.96. The highest BCUT2D eigenvalue weighted by atomic mass is 16.5. The van der Waals surface area contributed by atoms with E-state index in [0.29, 0.717) is 38.5 Å². The standard InChI is InChI=1S/C34H43N3O7/c1-43-25-29-34(28-13-7-6-8-14-28)44-33(42)18-12-5-3-10-16-31(39)37(29)24-27-21-19-26(20-22-27)23-35-36-30(38)15-9-2-4-11-17-32(40)41/h3,5-8,13-14,19-23,29,34H,2,4,9-12,15-18,24-25H2,1H3,(H,36,38)(H,40,41)/b5-3+,35-23+/t29-,34-/m0/s1. The number of amides is 2. The van der Waals surface area contributed by atoms with Gasteiger partial charge in [-0.05, 0) is 42.4 Å². The molecule has 0 fully saturated rings. The number of esters is 1. The Morgan fingerprint density at radius 2 is 1.66 bits per heavy atom. The Hall–Kier alpha value is -4.31. The van der Waals surface area contributed by atoms with E-state index in [1.807, 2.05) is 66.7 Å². The molecule has 0 bridgehead atoms. The van der Waals surface area contributed by atoms with Crippen LogP contribution in [0.3, 0.4) is 0 Å². The Morgan fingerprint density at radius 3 is 2.34 bits per heavy atom. The van der Waals surface area contributed by atoms with Crippen molar-refractivity contribution in [3.8, 4) is 0 Å². The summed E-state index contributed by atoms with van der Waals surface area (Å²) in [5.41, 5.74) is 4.97. The van der Waals surface area contributed by atoms with Gasteiger partial charge >= 0.3 is 11.9 Å². The molecule has 1 heterocycles. The molecule has 0 radical (unpaired) electrons. The van der Waals surface area contributed by atoms with E-state index < -0.39 is 18.1 Å². The monoisotopic (exact) mass is 605 g/mol. The molecule has 0 aliphatic carbocycles. The molecule has 0 saturated carbocycles. The van der Waals surface area contributed by atoms with E-state index in [9.17, 15) is 19.2 Å². The summed E-state index contributed by atoms with van der Waals surface area (Å²) in [5, 5.41) is 12.7. The summed E-state index contributed by atoms with van der Waals surface area (Å²) in [7, 11) is 1.57. The Balaban J connectivity index is 1.68. The molecule has 10 heteroatoms. The predicted molar refractivity (Wildman–Crippen MR) is 167 cm³/mol. The van der Waals surface area contributed by atoms with Crippen molar-refractivity contribution >= 4 is 30.0 Å². The molecular formula is C34H43N3O7. The lowest BCUT2D eigenvalue weighted by atomic mass is 9.99. The number of allylic oxidation sites excluding steroid dienone is 2. The van der Waals surface area contributed by atoms with Crippen LogP contribution in [0.25, 0.3) is 0 Å². The van der Waals surface area contributed by atoms with E-state index >= 15 is 0 Å². The van der Waals surface area contributed by atoms with Gasteiger partial charge in [-0.1, -0.05) is 79.6 Å². The highest BCUT2D eigenvalue weighted by molar-refractivity contribution is 5.82. The van der Waals surface area contributed by atoms with Crippen molar-refractivity contribution in [1.29, 1.82) is 0 Å². The van der Waals surface area contributed by atoms with E-state index in [4.69, 9.17) is 14.6 Å². The molecule has 0 aromatic heterocycles. The summed E-state index contributed by atoms with van der Waals surface area (Å²) in [6.07, 6.45) is 9.75. The van der Waals surface area contributed by atoms with Gasteiger partial charge < -0.3 is 19.5 Å². The molecule has 1 aliphatic heterocycles. The summed E-state index contributed by atoms with van der Waals surface area (Å²) >= 11 is 0. The first-order valence-electron chi connectivity index (χ1n) is 15.2. The molecule has 10 nitrogen and oxygen atoms in total. The van der Waals surface area contributed by atoms with Gasteiger partial charge in [0.15, 0.2) is 0 Å². The topological polar surface area (TPSA) is 135 Å². The largest absolute Gasteiger partial charge is 0.481 e. The smallest absolute Gasteiger partial charge is 0.306 e. The molecular weight excluding hydrogens is 562 g/mol. The molecule has 1 aliphatic rings. The number of cyclic esters (lactones) is 1. The average molecular weight is 606 g/mol. The van der Waals surface area contributed by atoms with Crippen LogP contribution >= 0.6 is 0 Å². The second-order valence-electron chi connectivity index (χ2n) is 10.8. The van der Waals surface area contributed by atoms with Crippen LogP contribution in [0.15, 0.2) is 71.9 Å². The maximum atomic E-state index is 13.6. The number of methoxy groups -OCH3 is 1. The summed E-state index contributed by atoms with van der Waals surface area (Å²) in [5.74, 6) is -1.39. The van der Waals surface area contributed by atoms with Gasteiger partial charge in [-0.3, -0.25) is 19.2 Å². The number of unbranched alkanes of at least 4 members (excludes halogenated alkanes) is 3. The third kappa shape index (κ3) is 12.1. The molecule has 0 saturated heterocycles. The lowest BCUT2D eigenvalue weighted by Gasteiger charge is -2.37. The van der Waals surface area contributed by atoms with Crippen molar-refractivity contribution in [3.05, 3.63) is 83.4 Å².